The second-order valence-corrected chi connectivity index (χ2v) is 8.72. The van der Waals surface area contributed by atoms with Gasteiger partial charge in [0.1, 0.15) is 12.0 Å². The van der Waals surface area contributed by atoms with Gasteiger partial charge in [-0.3, -0.25) is 10.3 Å². The monoisotopic (exact) mass is 472 g/mol. The molecule has 32 heavy (non-hydrogen) atoms. The lowest BCUT2D eigenvalue weighted by atomic mass is 9.94. The van der Waals surface area contributed by atoms with Crippen molar-refractivity contribution in [3.05, 3.63) is 68.8 Å². The smallest absolute Gasteiger partial charge is 0.378 e. The van der Waals surface area contributed by atoms with Gasteiger partial charge in [0.05, 0.1) is 16.3 Å². The second kappa shape index (κ2) is 8.68. The fourth-order valence-corrected chi connectivity index (χ4v) is 3.08. The molecule has 6 nitrogen and oxygen atoms in total. The number of alkyl halides is 3. The summed E-state index contributed by atoms with van der Waals surface area (Å²) < 4.78 is 53.6. The van der Waals surface area contributed by atoms with E-state index in [9.17, 15) is 27.5 Å². The Hall–Kier alpha value is -2.69. The average molecular weight is 473 g/mol. The average Bonchev–Trinajstić information content (AvgIpc) is 3.07. The summed E-state index contributed by atoms with van der Waals surface area (Å²) in [6.45, 7) is 5.42. The first kappa shape index (κ1) is 24.0. The highest BCUT2D eigenvalue weighted by atomic mass is 35.5. The van der Waals surface area contributed by atoms with Gasteiger partial charge in [-0.05, 0) is 36.4 Å². The van der Waals surface area contributed by atoms with Crippen molar-refractivity contribution in [2.45, 2.75) is 39.7 Å². The lowest BCUT2D eigenvalue weighted by Gasteiger charge is -2.26. The van der Waals surface area contributed by atoms with Crippen LogP contribution in [0.3, 0.4) is 0 Å². The molecule has 3 N–H and O–H groups in total. The fourth-order valence-electron chi connectivity index (χ4n) is 2.84. The van der Waals surface area contributed by atoms with Gasteiger partial charge in [-0.15, -0.1) is 5.10 Å². The molecule has 1 atom stereocenters. The normalized spacial score (nSPS) is 13.4. The highest BCUT2D eigenvalue weighted by molar-refractivity contribution is 6.33. The summed E-state index contributed by atoms with van der Waals surface area (Å²) in [6.07, 6.45) is -5.41. The summed E-state index contributed by atoms with van der Waals surface area (Å²) >= 11 is 6.14. The molecule has 1 unspecified atom stereocenters. The van der Waals surface area contributed by atoms with Gasteiger partial charge in [0.2, 0.25) is 0 Å². The van der Waals surface area contributed by atoms with Gasteiger partial charge >= 0.3 is 11.9 Å². The molecule has 0 bridgehead atoms. The van der Waals surface area contributed by atoms with Gasteiger partial charge in [-0.1, -0.05) is 32.4 Å². The summed E-state index contributed by atoms with van der Waals surface area (Å²) in [7, 11) is 0. The standard InChI is InChI=1S/C21H21ClF4N4O2/c1-20(2,3)18(31)27-10-11-8-14(15(22)9-16(11)23)17-28-19(32)30(29-17)13-6-4-12(5-7-13)21(24,25)26/h4-9,18,27,31H,10H2,1-3H3,(H,28,29,32). The van der Waals surface area contributed by atoms with Gasteiger partial charge in [-0.25, -0.2) is 9.18 Å². The fraction of sp³-hybridized carbons (Fsp3) is 0.333. The SMILES string of the molecule is CC(C)(C)C(O)NCc1cc(-c2nn(-c3ccc(C(F)(F)F)cc3)c(=O)[nH]2)c(Cl)cc1F. The largest absolute Gasteiger partial charge is 0.416 e. The topological polar surface area (TPSA) is 82.9 Å². The van der Waals surface area contributed by atoms with Crippen LogP contribution >= 0.6 is 11.6 Å². The first-order valence-corrected chi connectivity index (χ1v) is 9.92. The summed E-state index contributed by atoms with van der Waals surface area (Å²) in [5.41, 5.74) is -1.53. The molecule has 0 fully saturated rings. The van der Waals surface area contributed by atoms with Gasteiger partial charge in [0.15, 0.2) is 5.82 Å². The van der Waals surface area contributed by atoms with E-state index in [-0.39, 0.29) is 34.2 Å². The first-order chi connectivity index (χ1) is 14.8. The summed E-state index contributed by atoms with van der Waals surface area (Å²) in [5.74, 6) is -0.602. The van der Waals surface area contributed by atoms with E-state index in [0.717, 1.165) is 35.0 Å². The number of nitrogens with one attached hydrogen (secondary N) is 2. The third-order valence-electron chi connectivity index (χ3n) is 4.75. The van der Waals surface area contributed by atoms with Crippen LogP contribution in [0.15, 0.2) is 41.2 Å². The summed E-state index contributed by atoms with van der Waals surface area (Å²) in [4.78, 5) is 14.8. The van der Waals surface area contributed by atoms with Crippen LogP contribution in [0.5, 0.6) is 0 Å². The number of H-pyrrole nitrogens is 1. The highest BCUT2D eigenvalue weighted by Crippen LogP contribution is 2.30. The van der Waals surface area contributed by atoms with E-state index in [0.29, 0.717) is 0 Å². The molecule has 0 aliphatic heterocycles. The van der Waals surface area contributed by atoms with Crippen molar-refractivity contribution < 1.29 is 22.7 Å². The van der Waals surface area contributed by atoms with E-state index >= 15 is 0 Å². The molecule has 0 spiro atoms. The lowest BCUT2D eigenvalue weighted by molar-refractivity contribution is -0.137. The van der Waals surface area contributed by atoms with E-state index < -0.39 is 34.9 Å². The van der Waals surface area contributed by atoms with Crippen LogP contribution in [-0.4, -0.2) is 26.1 Å². The molecular formula is C21H21ClF4N4O2. The van der Waals surface area contributed by atoms with Crippen LogP contribution in [-0.2, 0) is 12.7 Å². The molecule has 0 saturated carbocycles. The molecule has 0 saturated heterocycles. The van der Waals surface area contributed by atoms with Crippen LogP contribution in [0, 0.1) is 11.2 Å². The van der Waals surface area contributed by atoms with E-state index in [1.165, 1.54) is 6.07 Å². The van der Waals surface area contributed by atoms with Crippen molar-refractivity contribution in [2.75, 3.05) is 0 Å². The lowest BCUT2D eigenvalue weighted by Crippen LogP contribution is -2.39. The predicted octanol–water partition coefficient (Wildman–Crippen LogP) is 4.49. The molecule has 1 aromatic heterocycles. The van der Waals surface area contributed by atoms with Crippen molar-refractivity contribution in [1.82, 2.24) is 20.1 Å². The van der Waals surface area contributed by atoms with Crippen LogP contribution in [0.2, 0.25) is 5.02 Å². The number of aliphatic hydroxyl groups excluding tert-OH is 1. The number of nitrogens with zero attached hydrogens (tertiary/aromatic N) is 2. The van der Waals surface area contributed by atoms with Crippen molar-refractivity contribution >= 4 is 11.6 Å². The van der Waals surface area contributed by atoms with Crippen molar-refractivity contribution in [2.24, 2.45) is 5.41 Å². The van der Waals surface area contributed by atoms with Crippen LogP contribution in [0.1, 0.15) is 31.9 Å². The van der Waals surface area contributed by atoms with Gasteiger partial charge in [-0.2, -0.15) is 17.9 Å². The number of aliphatic hydroxyl groups is 1. The first-order valence-electron chi connectivity index (χ1n) is 9.54. The molecular weight excluding hydrogens is 452 g/mol. The Morgan fingerprint density at radius 2 is 1.81 bits per heavy atom. The molecule has 3 rings (SSSR count). The van der Waals surface area contributed by atoms with E-state index in [1.807, 2.05) is 20.8 Å². The minimum absolute atomic E-state index is 0.0116. The highest BCUT2D eigenvalue weighted by Gasteiger charge is 2.30. The van der Waals surface area contributed by atoms with Crippen molar-refractivity contribution in [3.63, 3.8) is 0 Å². The van der Waals surface area contributed by atoms with Gasteiger partial charge in [0.25, 0.3) is 0 Å². The maximum absolute atomic E-state index is 14.4. The molecule has 11 heteroatoms. The second-order valence-electron chi connectivity index (χ2n) is 8.31. The minimum atomic E-state index is -4.51. The molecule has 172 valence electrons. The van der Waals surface area contributed by atoms with E-state index in [1.54, 1.807) is 0 Å². The third-order valence-corrected chi connectivity index (χ3v) is 5.07. The maximum Gasteiger partial charge on any atom is 0.416 e. The number of hydrogen-bond donors (Lipinski definition) is 3. The Bertz CT molecular complexity index is 1160. The summed E-state index contributed by atoms with van der Waals surface area (Å²) in [5, 5.41) is 17.0. The number of benzene rings is 2. The quantitative estimate of drug-likeness (QED) is 0.377. The molecule has 3 aromatic rings. The van der Waals surface area contributed by atoms with E-state index in [2.05, 4.69) is 15.4 Å². The zero-order valence-corrected chi connectivity index (χ0v) is 18.1. The Morgan fingerprint density at radius 1 is 1.19 bits per heavy atom. The number of hydrogen-bond acceptors (Lipinski definition) is 4. The summed E-state index contributed by atoms with van der Waals surface area (Å²) in [6, 6.07) is 6.35. The molecule has 0 amide bonds. The number of aromatic nitrogens is 3. The zero-order chi connectivity index (χ0) is 23.8. The molecule has 2 aromatic carbocycles. The Balaban J connectivity index is 1.93. The van der Waals surface area contributed by atoms with Crippen LogP contribution in [0.4, 0.5) is 17.6 Å². The van der Waals surface area contributed by atoms with Crippen molar-refractivity contribution in [3.8, 4) is 17.1 Å². The molecule has 1 heterocycles. The van der Waals surface area contributed by atoms with Crippen molar-refractivity contribution in [1.29, 1.82) is 0 Å². The van der Waals surface area contributed by atoms with Gasteiger partial charge < -0.3 is 5.11 Å². The maximum atomic E-state index is 14.4. The number of aromatic amines is 1. The number of rotatable bonds is 5. The van der Waals surface area contributed by atoms with Crippen LogP contribution in [0.25, 0.3) is 17.1 Å². The van der Waals surface area contributed by atoms with Crippen LogP contribution < -0.4 is 11.0 Å². The molecule has 0 radical (unpaired) electrons. The Labute approximate surface area is 185 Å². The minimum Gasteiger partial charge on any atom is -0.378 e. The Kier molecular flexibility index (Phi) is 6.50. The number of halogens is 5. The Morgan fingerprint density at radius 3 is 2.38 bits per heavy atom. The third kappa shape index (κ3) is 5.20. The predicted molar refractivity (Wildman–Crippen MR) is 112 cm³/mol. The molecule has 0 aliphatic carbocycles. The van der Waals surface area contributed by atoms with Gasteiger partial charge in [0, 0.05) is 23.1 Å². The van der Waals surface area contributed by atoms with E-state index in [4.69, 9.17) is 11.6 Å². The molecule has 0 aliphatic rings. The zero-order valence-electron chi connectivity index (χ0n) is 17.4.